The molecule has 1 unspecified atom stereocenters. The van der Waals surface area contributed by atoms with Gasteiger partial charge in [-0.1, -0.05) is 17.7 Å². The van der Waals surface area contributed by atoms with Gasteiger partial charge in [0, 0.05) is 28.7 Å². The standard InChI is InChI=1S/C14H19ClN2O/c1-9-13(15)5-4-11-12(10(2)18)8-17(14(9)11)7-3-6-16/h4-5,8,10,18H,3,6-7,16H2,1-2H3. The lowest BCUT2D eigenvalue weighted by atomic mass is 10.1. The smallest absolute Gasteiger partial charge is 0.0782 e. The van der Waals surface area contributed by atoms with Crippen molar-refractivity contribution in [2.45, 2.75) is 32.9 Å². The lowest BCUT2D eigenvalue weighted by molar-refractivity contribution is 0.200. The van der Waals surface area contributed by atoms with Gasteiger partial charge in [-0.05, 0) is 38.4 Å². The molecule has 0 aliphatic rings. The summed E-state index contributed by atoms with van der Waals surface area (Å²) in [5.41, 5.74) is 8.67. The Morgan fingerprint density at radius 2 is 2.17 bits per heavy atom. The Morgan fingerprint density at radius 1 is 1.44 bits per heavy atom. The predicted octanol–water partition coefficient (Wildman–Crippen LogP) is 3.01. The molecule has 4 heteroatoms. The van der Waals surface area contributed by atoms with Crippen LogP contribution in [0.5, 0.6) is 0 Å². The molecule has 0 aliphatic carbocycles. The number of hydrogen-bond acceptors (Lipinski definition) is 2. The molecule has 2 rings (SSSR count). The molecule has 3 nitrogen and oxygen atoms in total. The number of benzene rings is 1. The normalized spacial score (nSPS) is 13.2. The van der Waals surface area contributed by atoms with E-state index in [1.165, 1.54) is 0 Å². The third-order valence-corrected chi connectivity index (χ3v) is 3.72. The molecular weight excluding hydrogens is 248 g/mol. The molecule has 0 amide bonds. The highest BCUT2D eigenvalue weighted by Gasteiger charge is 2.15. The van der Waals surface area contributed by atoms with Crippen LogP contribution in [0.25, 0.3) is 10.9 Å². The third-order valence-electron chi connectivity index (χ3n) is 3.31. The number of nitrogens with two attached hydrogens (primary N) is 1. The van der Waals surface area contributed by atoms with Crippen molar-refractivity contribution in [1.29, 1.82) is 0 Å². The van der Waals surface area contributed by atoms with Gasteiger partial charge < -0.3 is 15.4 Å². The van der Waals surface area contributed by atoms with Crippen LogP contribution in [0.4, 0.5) is 0 Å². The molecule has 0 fully saturated rings. The Bertz CT molecular complexity index is 560. The first-order chi connectivity index (χ1) is 8.56. The number of aromatic nitrogens is 1. The monoisotopic (exact) mass is 266 g/mol. The van der Waals surface area contributed by atoms with Crippen LogP contribution in [-0.2, 0) is 6.54 Å². The molecule has 1 aromatic carbocycles. The summed E-state index contributed by atoms with van der Waals surface area (Å²) in [4.78, 5) is 0. The van der Waals surface area contributed by atoms with E-state index in [0.717, 1.165) is 40.0 Å². The fraction of sp³-hybridized carbons (Fsp3) is 0.429. The van der Waals surface area contributed by atoms with Crippen molar-refractivity contribution in [3.63, 3.8) is 0 Å². The third kappa shape index (κ3) is 2.26. The van der Waals surface area contributed by atoms with Gasteiger partial charge >= 0.3 is 0 Å². The van der Waals surface area contributed by atoms with Gasteiger partial charge in [-0.15, -0.1) is 0 Å². The largest absolute Gasteiger partial charge is 0.389 e. The first kappa shape index (κ1) is 13.4. The molecular formula is C14H19ClN2O. The van der Waals surface area contributed by atoms with E-state index < -0.39 is 6.10 Å². The molecule has 0 spiro atoms. The molecule has 3 N–H and O–H groups in total. The second-order valence-electron chi connectivity index (χ2n) is 4.66. The Hall–Kier alpha value is -1.03. The van der Waals surface area contributed by atoms with Crippen molar-refractivity contribution >= 4 is 22.5 Å². The van der Waals surface area contributed by atoms with Gasteiger partial charge in [-0.2, -0.15) is 0 Å². The van der Waals surface area contributed by atoms with Crippen LogP contribution >= 0.6 is 11.6 Å². The van der Waals surface area contributed by atoms with E-state index >= 15 is 0 Å². The maximum atomic E-state index is 9.85. The van der Waals surface area contributed by atoms with Crippen molar-refractivity contribution < 1.29 is 5.11 Å². The van der Waals surface area contributed by atoms with E-state index in [-0.39, 0.29) is 0 Å². The number of rotatable bonds is 4. The lowest BCUT2D eigenvalue weighted by Crippen LogP contribution is -2.05. The number of aliphatic hydroxyl groups is 1. The van der Waals surface area contributed by atoms with E-state index in [1.807, 2.05) is 25.3 Å². The second kappa shape index (κ2) is 5.31. The van der Waals surface area contributed by atoms with Gasteiger partial charge in [0.25, 0.3) is 0 Å². The van der Waals surface area contributed by atoms with Gasteiger partial charge in [-0.25, -0.2) is 0 Å². The summed E-state index contributed by atoms with van der Waals surface area (Å²) in [5.74, 6) is 0. The van der Waals surface area contributed by atoms with E-state index in [9.17, 15) is 5.11 Å². The number of fused-ring (bicyclic) bond motifs is 1. The van der Waals surface area contributed by atoms with Gasteiger partial charge in [0.1, 0.15) is 0 Å². The van der Waals surface area contributed by atoms with Crippen LogP contribution in [0.1, 0.15) is 30.6 Å². The highest BCUT2D eigenvalue weighted by Crippen LogP contribution is 2.32. The molecule has 0 aliphatic heterocycles. The predicted molar refractivity (Wildman–Crippen MR) is 76.0 cm³/mol. The van der Waals surface area contributed by atoms with E-state index in [2.05, 4.69) is 4.57 Å². The summed E-state index contributed by atoms with van der Waals surface area (Å²) >= 11 is 6.18. The van der Waals surface area contributed by atoms with Gasteiger partial charge in [0.15, 0.2) is 0 Å². The zero-order valence-electron chi connectivity index (χ0n) is 10.8. The molecule has 1 heterocycles. The lowest BCUT2D eigenvalue weighted by Gasteiger charge is -2.07. The molecule has 0 radical (unpaired) electrons. The van der Waals surface area contributed by atoms with E-state index in [1.54, 1.807) is 6.92 Å². The Labute approximate surface area is 112 Å². The minimum absolute atomic E-state index is 0.479. The van der Waals surface area contributed by atoms with Gasteiger partial charge in [0.2, 0.25) is 0 Å². The van der Waals surface area contributed by atoms with Crippen LogP contribution in [0.2, 0.25) is 5.02 Å². The fourth-order valence-electron chi connectivity index (χ4n) is 2.35. The van der Waals surface area contributed by atoms with Crippen molar-refractivity contribution in [1.82, 2.24) is 4.57 Å². The number of hydrogen-bond donors (Lipinski definition) is 2. The summed E-state index contributed by atoms with van der Waals surface area (Å²) in [6, 6.07) is 3.87. The fourth-order valence-corrected chi connectivity index (χ4v) is 2.50. The second-order valence-corrected chi connectivity index (χ2v) is 5.07. The Morgan fingerprint density at radius 3 is 2.78 bits per heavy atom. The first-order valence-corrected chi connectivity index (χ1v) is 6.60. The summed E-state index contributed by atoms with van der Waals surface area (Å²) in [6.45, 7) is 5.30. The minimum Gasteiger partial charge on any atom is -0.389 e. The molecule has 2 aromatic rings. The zero-order valence-corrected chi connectivity index (χ0v) is 11.5. The molecule has 0 bridgehead atoms. The molecule has 0 saturated carbocycles. The quantitative estimate of drug-likeness (QED) is 0.894. The molecule has 98 valence electrons. The summed E-state index contributed by atoms with van der Waals surface area (Å²) < 4.78 is 2.14. The average Bonchev–Trinajstić information content (AvgIpc) is 2.71. The van der Waals surface area contributed by atoms with Crippen LogP contribution in [0, 0.1) is 6.92 Å². The Kier molecular flexibility index (Phi) is 3.95. The van der Waals surface area contributed by atoms with Crippen LogP contribution in [0.15, 0.2) is 18.3 Å². The highest BCUT2D eigenvalue weighted by atomic mass is 35.5. The van der Waals surface area contributed by atoms with Crippen LogP contribution in [-0.4, -0.2) is 16.2 Å². The highest BCUT2D eigenvalue weighted by molar-refractivity contribution is 6.32. The van der Waals surface area contributed by atoms with Crippen molar-refractivity contribution in [3.8, 4) is 0 Å². The molecule has 0 saturated heterocycles. The number of halogens is 1. The average molecular weight is 267 g/mol. The number of nitrogens with zero attached hydrogens (tertiary/aromatic N) is 1. The first-order valence-electron chi connectivity index (χ1n) is 6.22. The topological polar surface area (TPSA) is 51.2 Å². The van der Waals surface area contributed by atoms with Gasteiger partial charge in [0.05, 0.1) is 11.6 Å². The SMILES string of the molecule is Cc1c(Cl)ccc2c(C(C)O)cn(CCCN)c12. The van der Waals surface area contributed by atoms with Gasteiger partial charge in [-0.3, -0.25) is 0 Å². The number of aryl methyl sites for hydroxylation is 2. The maximum Gasteiger partial charge on any atom is 0.0782 e. The van der Waals surface area contributed by atoms with Crippen molar-refractivity contribution in [2.24, 2.45) is 5.73 Å². The summed E-state index contributed by atoms with van der Waals surface area (Å²) in [6.07, 6.45) is 2.44. The Balaban J connectivity index is 2.65. The van der Waals surface area contributed by atoms with E-state index in [0.29, 0.717) is 6.54 Å². The van der Waals surface area contributed by atoms with E-state index in [4.69, 9.17) is 17.3 Å². The maximum absolute atomic E-state index is 9.85. The van der Waals surface area contributed by atoms with Crippen molar-refractivity contribution in [2.75, 3.05) is 6.54 Å². The molecule has 1 aromatic heterocycles. The summed E-state index contributed by atoms with van der Waals surface area (Å²) in [5, 5.41) is 11.7. The summed E-state index contributed by atoms with van der Waals surface area (Å²) in [7, 11) is 0. The van der Waals surface area contributed by atoms with Crippen LogP contribution < -0.4 is 5.73 Å². The minimum atomic E-state index is -0.479. The molecule has 1 atom stereocenters. The van der Waals surface area contributed by atoms with Crippen LogP contribution in [0.3, 0.4) is 0 Å². The zero-order chi connectivity index (χ0) is 13.3. The number of aliphatic hydroxyl groups excluding tert-OH is 1. The molecule has 18 heavy (non-hydrogen) atoms. The van der Waals surface area contributed by atoms with Crippen molar-refractivity contribution in [3.05, 3.63) is 34.5 Å².